The molecule has 1 amide bonds. The Labute approximate surface area is 209 Å². The van der Waals surface area contributed by atoms with Crippen molar-refractivity contribution in [3.63, 3.8) is 0 Å². The Morgan fingerprint density at radius 1 is 1.12 bits per heavy atom. The van der Waals surface area contributed by atoms with Gasteiger partial charge >= 0.3 is 0 Å². The van der Waals surface area contributed by atoms with E-state index in [0.29, 0.717) is 13.0 Å². The molecule has 2 aromatic carbocycles. The SMILES string of the molecule is COc1c(Cl)cc(/C(O)=C2\C(=O)C(=O)N(CCCN(C)C)C2c2ccccc2C)c(OC)c1Cl. The van der Waals surface area contributed by atoms with Crippen molar-refractivity contribution < 1.29 is 24.2 Å². The molecule has 9 heteroatoms. The molecule has 1 aliphatic rings. The zero-order valence-corrected chi connectivity index (χ0v) is 21.3. The van der Waals surface area contributed by atoms with Crippen LogP contribution in [-0.2, 0) is 9.59 Å². The first-order valence-electron chi connectivity index (χ1n) is 10.7. The largest absolute Gasteiger partial charge is 0.507 e. The Morgan fingerprint density at radius 3 is 2.35 bits per heavy atom. The monoisotopic (exact) mass is 506 g/mol. The van der Waals surface area contributed by atoms with Crippen LogP contribution >= 0.6 is 23.2 Å². The summed E-state index contributed by atoms with van der Waals surface area (Å²) in [4.78, 5) is 29.9. The number of ketones is 1. The molecule has 1 atom stereocenters. The number of carbonyl (C=O) groups is 2. The van der Waals surface area contributed by atoms with Crippen molar-refractivity contribution in [2.75, 3.05) is 41.4 Å². The van der Waals surface area contributed by atoms with E-state index in [0.717, 1.165) is 17.7 Å². The van der Waals surface area contributed by atoms with Gasteiger partial charge in [-0.1, -0.05) is 47.5 Å². The summed E-state index contributed by atoms with van der Waals surface area (Å²) in [6.07, 6.45) is 0.659. The van der Waals surface area contributed by atoms with Crippen molar-refractivity contribution in [1.82, 2.24) is 9.80 Å². The Balaban J connectivity index is 2.24. The number of rotatable bonds is 8. The van der Waals surface area contributed by atoms with Gasteiger partial charge in [0.2, 0.25) is 0 Å². The topological polar surface area (TPSA) is 79.3 Å². The lowest BCUT2D eigenvalue weighted by molar-refractivity contribution is -0.139. The van der Waals surface area contributed by atoms with E-state index < -0.39 is 23.5 Å². The average molecular weight is 507 g/mol. The summed E-state index contributed by atoms with van der Waals surface area (Å²) < 4.78 is 10.6. The van der Waals surface area contributed by atoms with E-state index in [1.807, 2.05) is 50.2 Å². The fourth-order valence-corrected chi connectivity index (χ4v) is 4.86. The molecule has 182 valence electrons. The fourth-order valence-electron chi connectivity index (χ4n) is 4.18. The highest BCUT2D eigenvalue weighted by Crippen LogP contribution is 2.47. The van der Waals surface area contributed by atoms with Gasteiger partial charge in [0.1, 0.15) is 10.8 Å². The molecule has 2 aromatic rings. The number of benzene rings is 2. The summed E-state index contributed by atoms with van der Waals surface area (Å²) in [6.45, 7) is 2.98. The van der Waals surface area contributed by atoms with Gasteiger partial charge in [-0.25, -0.2) is 0 Å². The number of nitrogens with zero attached hydrogens (tertiary/aromatic N) is 2. The van der Waals surface area contributed by atoms with Crippen LogP contribution in [0.5, 0.6) is 11.5 Å². The molecule has 0 aliphatic carbocycles. The summed E-state index contributed by atoms with van der Waals surface area (Å²) in [6, 6.07) is 8.11. The molecular weight excluding hydrogens is 479 g/mol. The first kappa shape index (κ1) is 25.9. The number of carbonyl (C=O) groups excluding carboxylic acids is 2. The minimum atomic E-state index is -0.777. The van der Waals surface area contributed by atoms with Crippen molar-refractivity contribution in [3.8, 4) is 11.5 Å². The summed E-state index contributed by atoms with van der Waals surface area (Å²) in [5.74, 6) is -1.59. The zero-order chi connectivity index (χ0) is 25.2. The van der Waals surface area contributed by atoms with E-state index in [2.05, 4.69) is 0 Å². The molecule has 1 aliphatic heterocycles. The molecule has 1 fully saturated rings. The highest BCUT2D eigenvalue weighted by atomic mass is 35.5. The number of methoxy groups -OCH3 is 2. The molecule has 0 bridgehead atoms. The van der Waals surface area contributed by atoms with E-state index in [4.69, 9.17) is 32.7 Å². The second kappa shape index (κ2) is 10.7. The third kappa shape index (κ3) is 4.73. The summed E-state index contributed by atoms with van der Waals surface area (Å²) in [7, 11) is 6.67. The van der Waals surface area contributed by atoms with Crippen molar-refractivity contribution in [2.45, 2.75) is 19.4 Å². The van der Waals surface area contributed by atoms with Gasteiger partial charge in [0.25, 0.3) is 11.7 Å². The number of aryl methyl sites for hydroxylation is 1. The van der Waals surface area contributed by atoms with Crippen LogP contribution in [0.1, 0.15) is 29.2 Å². The number of aliphatic hydroxyl groups is 1. The number of Topliss-reactive ketones (excluding diaryl/α,β-unsaturated/α-hetero) is 1. The van der Waals surface area contributed by atoms with Gasteiger partial charge in [-0.2, -0.15) is 0 Å². The maximum atomic E-state index is 13.3. The second-order valence-corrected chi connectivity index (χ2v) is 9.08. The number of halogens is 2. The number of ether oxygens (including phenoxy) is 2. The van der Waals surface area contributed by atoms with E-state index in [-0.39, 0.29) is 32.7 Å². The molecule has 1 N–H and O–H groups in total. The van der Waals surface area contributed by atoms with Crippen LogP contribution in [0.25, 0.3) is 5.76 Å². The van der Waals surface area contributed by atoms with Crippen LogP contribution < -0.4 is 9.47 Å². The Hall–Kier alpha value is -2.74. The second-order valence-electron chi connectivity index (χ2n) is 8.29. The third-order valence-corrected chi connectivity index (χ3v) is 6.45. The van der Waals surface area contributed by atoms with Crippen molar-refractivity contribution in [1.29, 1.82) is 0 Å². The lowest BCUT2D eigenvalue weighted by Crippen LogP contribution is -2.32. The third-order valence-electron chi connectivity index (χ3n) is 5.82. The summed E-state index contributed by atoms with van der Waals surface area (Å²) >= 11 is 12.7. The molecule has 1 heterocycles. The minimum absolute atomic E-state index is 0.0419. The van der Waals surface area contributed by atoms with E-state index in [9.17, 15) is 14.7 Å². The number of likely N-dealkylation sites (tertiary alicyclic amines) is 1. The standard InChI is InChI=1S/C25H28Cl2N2O5/c1-14-9-6-7-10-15(14)20-18(22(31)25(32)29(20)12-8-11-28(2)3)21(30)16-13-17(26)24(34-5)19(27)23(16)33-4/h6-7,9-10,13,20,30H,8,11-12H2,1-5H3/b21-18+. The predicted octanol–water partition coefficient (Wildman–Crippen LogP) is 4.69. The van der Waals surface area contributed by atoms with Gasteiger partial charge in [0, 0.05) is 6.54 Å². The number of hydrogen-bond acceptors (Lipinski definition) is 6. The van der Waals surface area contributed by atoms with Crippen LogP contribution in [0.2, 0.25) is 10.0 Å². The highest BCUT2D eigenvalue weighted by molar-refractivity contribution is 6.47. The molecule has 3 rings (SSSR count). The number of hydrogen-bond donors (Lipinski definition) is 1. The Morgan fingerprint density at radius 2 is 1.76 bits per heavy atom. The van der Waals surface area contributed by atoms with E-state index >= 15 is 0 Å². The average Bonchev–Trinajstić information content (AvgIpc) is 3.03. The molecule has 0 aromatic heterocycles. The highest BCUT2D eigenvalue weighted by Gasteiger charge is 2.46. The normalized spacial score (nSPS) is 17.5. The predicted molar refractivity (Wildman–Crippen MR) is 133 cm³/mol. The van der Waals surface area contributed by atoms with Crippen LogP contribution in [0.15, 0.2) is 35.9 Å². The lowest BCUT2D eigenvalue weighted by atomic mass is 9.92. The summed E-state index contributed by atoms with van der Waals surface area (Å²) in [5.41, 5.74) is 1.69. The van der Waals surface area contributed by atoms with E-state index in [1.54, 1.807) is 0 Å². The van der Waals surface area contributed by atoms with Gasteiger partial charge in [-0.3, -0.25) is 9.59 Å². The molecule has 34 heavy (non-hydrogen) atoms. The summed E-state index contributed by atoms with van der Waals surface area (Å²) in [5, 5.41) is 11.6. The quantitative estimate of drug-likeness (QED) is 0.317. The molecule has 7 nitrogen and oxygen atoms in total. The first-order valence-corrected chi connectivity index (χ1v) is 11.5. The zero-order valence-electron chi connectivity index (χ0n) is 19.8. The van der Waals surface area contributed by atoms with Gasteiger partial charge in [0.05, 0.1) is 36.4 Å². The molecule has 1 saturated heterocycles. The number of aliphatic hydroxyl groups excluding tert-OH is 1. The Kier molecular flexibility index (Phi) is 8.13. The van der Waals surface area contributed by atoms with Crippen LogP contribution in [-0.4, -0.2) is 68.0 Å². The number of amides is 1. The maximum Gasteiger partial charge on any atom is 0.295 e. The Bertz CT molecular complexity index is 1150. The minimum Gasteiger partial charge on any atom is -0.507 e. The smallest absolute Gasteiger partial charge is 0.295 e. The van der Waals surface area contributed by atoms with Crippen molar-refractivity contribution in [2.24, 2.45) is 0 Å². The molecule has 0 saturated carbocycles. The van der Waals surface area contributed by atoms with Crippen LogP contribution in [0.4, 0.5) is 0 Å². The fraction of sp³-hybridized carbons (Fsp3) is 0.360. The van der Waals surface area contributed by atoms with Gasteiger partial charge in [-0.15, -0.1) is 0 Å². The van der Waals surface area contributed by atoms with E-state index in [1.165, 1.54) is 25.2 Å². The van der Waals surface area contributed by atoms with Crippen molar-refractivity contribution >= 4 is 40.7 Å². The molecule has 0 radical (unpaired) electrons. The lowest BCUT2D eigenvalue weighted by Gasteiger charge is -2.27. The first-order chi connectivity index (χ1) is 16.1. The molecule has 0 spiro atoms. The van der Waals surface area contributed by atoms with Gasteiger partial charge < -0.3 is 24.4 Å². The molecule has 1 unspecified atom stereocenters. The van der Waals surface area contributed by atoms with Crippen LogP contribution in [0, 0.1) is 6.92 Å². The van der Waals surface area contributed by atoms with Gasteiger partial charge in [-0.05, 0) is 51.2 Å². The van der Waals surface area contributed by atoms with Gasteiger partial charge in [0.15, 0.2) is 11.5 Å². The van der Waals surface area contributed by atoms with Crippen molar-refractivity contribution in [3.05, 3.63) is 62.6 Å². The maximum absolute atomic E-state index is 13.3. The molecular formula is C25H28Cl2N2O5. The van der Waals surface area contributed by atoms with Crippen LogP contribution in [0.3, 0.4) is 0 Å².